The van der Waals surface area contributed by atoms with Gasteiger partial charge in [0.15, 0.2) is 29.3 Å². The Balaban J connectivity index is 1.25. The number of ether oxygens (including phenoxy) is 12. The van der Waals surface area contributed by atoms with Gasteiger partial charge in [0, 0.05) is 0 Å². The molecule has 5 rings (SSSR count). The van der Waals surface area contributed by atoms with Crippen molar-refractivity contribution in [1.82, 2.24) is 0 Å². The maximum Gasteiger partial charge on any atom is 0.309 e. The number of carbonyl (C=O) groups excluding carboxylic acids is 2. The van der Waals surface area contributed by atoms with E-state index in [1.165, 1.54) is 83.9 Å². The van der Waals surface area contributed by atoms with Gasteiger partial charge in [-0.25, -0.2) is 0 Å². The van der Waals surface area contributed by atoms with Crippen molar-refractivity contribution in [2.75, 3.05) is 61.5 Å². The standard InChI is InChI=1S/C46H64O26/c1-46(72-45-40(60)37(57)34(54)29(20-49)69-45,16-30(50)65-10-6-8-21-12-23(61-2)41(24(13-21)62-3)70-43-38(58)35(55)32(52)27(18-47)67-43)17-31(51)66-11-7-9-22-14-25(63-4)42(26(15-22)64-5)71-44-39(59)36(56)33(53)28(19-48)68-44/h6-9,12-15,27-29,32-40,43-45,47-49,52-60H,10-11,16-20H2,1-5H3/b8-6+,9-7+/t27-,28-,29-,32-,33-,34-,35+,36+,37+,38-,39-,40-,43+,44+,45+/m1/s1. The van der Waals surface area contributed by atoms with E-state index in [-0.39, 0.29) is 47.7 Å². The second kappa shape index (κ2) is 26.3. The van der Waals surface area contributed by atoms with Gasteiger partial charge in [0.25, 0.3) is 0 Å². The largest absolute Gasteiger partial charge is 0.493 e. The molecule has 404 valence electrons. The van der Waals surface area contributed by atoms with Crippen molar-refractivity contribution in [3.63, 3.8) is 0 Å². The normalized spacial score (nSPS) is 31.0. The van der Waals surface area contributed by atoms with Gasteiger partial charge < -0.3 is 118 Å². The monoisotopic (exact) mass is 1030 g/mol. The Hall–Kier alpha value is -4.98. The van der Waals surface area contributed by atoms with Crippen LogP contribution in [0.5, 0.6) is 34.5 Å². The molecule has 0 radical (unpaired) electrons. The molecule has 2 aromatic carbocycles. The molecule has 0 amide bonds. The van der Waals surface area contributed by atoms with Gasteiger partial charge in [-0.05, 0) is 54.5 Å². The Labute approximate surface area is 412 Å². The van der Waals surface area contributed by atoms with Crippen LogP contribution in [0.25, 0.3) is 12.2 Å². The van der Waals surface area contributed by atoms with E-state index in [0.717, 1.165) is 0 Å². The van der Waals surface area contributed by atoms with Crippen LogP contribution in [-0.2, 0) is 38.0 Å². The molecule has 0 spiro atoms. The highest BCUT2D eigenvalue weighted by atomic mass is 16.7. The molecule has 26 nitrogen and oxygen atoms in total. The summed E-state index contributed by atoms with van der Waals surface area (Å²) in [7, 11) is 5.25. The van der Waals surface area contributed by atoms with E-state index in [2.05, 4.69) is 0 Å². The fourth-order valence-electron chi connectivity index (χ4n) is 7.74. The number of aliphatic hydroxyl groups excluding tert-OH is 12. The first-order valence-corrected chi connectivity index (χ1v) is 22.4. The molecule has 2 aromatic rings. The molecule has 0 aromatic heterocycles. The van der Waals surface area contributed by atoms with Gasteiger partial charge in [0.2, 0.25) is 24.1 Å². The molecule has 3 aliphatic heterocycles. The molecule has 3 heterocycles. The van der Waals surface area contributed by atoms with E-state index in [1.54, 1.807) is 0 Å². The van der Waals surface area contributed by atoms with Crippen molar-refractivity contribution in [3.8, 4) is 34.5 Å². The zero-order chi connectivity index (χ0) is 53.0. The van der Waals surface area contributed by atoms with Crippen molar-refractivity contribution in [2.24, 2.45) is 0 Å². The molecule has 26 heteroatoms. The fourth-order valence-corrected chi connectivity index (χ4v) is 7.74. The maximum atomic E-state index is 13.3. The molecule has 0 aliphatic carbocycles. The number of carbonyl (C=O) groups is 2. The molecule has 0 unspecified atom stereocenters. The number of hydrogen-bond donors (Lipinski definition) is 12. The summed E-state index contributed by atoms with van der Waals surface area (Å²) in [6.45, 7) is -1.53. The zero-order valence-electron chi connectivity index (χ0n) is 39.8. The summed E-state index contributed by atoms with van der Waals surface area (Å²) in [6.07, 6.45) is -19.7. The average Bonchev–Trinajstić information content (AvgIpc) is 3.36. The summed E-state index contributed by atoms with van der Waals surface area (Å²) < 4.78 is 66.5. The minimum atomic E-state index is -1.90. The van der Waals surface area contributed by atoms with Gasteiger partial charge in [-0.2, -0.15) is 0 Å². The Kier molecular flexibility index (Phi) is 21.2. The van der Waals surface area contributed by atoms with E-state index >= 15 is 0 Å². The topological polar surface area (TPSA) is 388 Å². The summed E-state index contributed by atoms with van der Waals surface area (Å²) in [5.74, 6) is -1.66. The van der Waals surface area contributed by atoms with Crippen LogP contribution in [0, 0.1) is 0 Å². The van der Waals surface area contributed by atoms with Crippen molar-refractivity contribution in [1.29, 1.82) is 0 Å². The molecular weight excluding hydrogens is 968 g/mol. The van der Waals surface area contributed by atoms with E-state index in [1.807, 2.05) is 0 Å². The molecule has 3 aliphatic rings. The van der Waals surface area contributed by atoms with Crippen LogP contribution >= 0.6 is 0 Å². The summed E-state index contributed by atoms with van der Waals surface area (Å²) in [5, 5.41) is 122. The summed E-state index contributed by atoms with van der Waals surface area (Å²) in [6, 6.07) is 5.95. The predicted molar refractivity (Wildman–Crippen MR) is 240 cm³/mol. The lowest BCUT2D eigenvalue weighted by Crippen LogP contribution is -2.60. The first kappa shape index (κ1) is 57.9. The van der Waals surface area contributed by atoms with Crippen LogP contribution in [0.2, 0.25) is 0 Å². The Bertz CT molecular complexity index is 1950. The quantitative estimate of drug-likeness (QED) is 0.0476. The predicted octanol–water partition coefficient (Wildman–Crippen LogP) is -3.75. The molecule has 12 N–H and O–H groups in total. The van der Waals surface area contributed by atoms with Gasteiger partial charge in [-0.3, -0.25) is 9.59 Å². The number of esters is 2. The first-order valence-electron chi connectivity index (χ1n) is 22.4. The molecule has 3 saturated heterocycles. The molecule has 3 fully saturated rings. The minimum absolute atomic E-state index is 0.0574. The smallest absolute Gasteiger partial charge is 0.309 e. The Morgan fingerprint density at radius 2 is 0.806 bits per heavy atom. The van der Waals surface area contributed by atoms with E-state index < -0.39 is 142 Å². The van der Waals surface area contributed by atoms with Gasteiger partial charge in [0.1, 0.15) is 86.5 Å². The average molecular weight is 1030 g/mol. The lowest BCUT2D eigenvalue weighted by Gasteiger charge is -2.43. The molecular formula is C46H64O26. The van der Waals surface area contributed by atoms with Crippen LogP contribution in [0.15, 0.2) is 36.4 Å². The number of methoxy groups -OCH3 is 4. The van der Waals surface area contributed by atoms with Crippen LogP contribution in [-0.4, -0.2) is 232 Å². The summed E-state index contributed by atoms with van der Waals surface area (Å²) in [5.41, 5.74) is -1.00. The Morgan fingerprint density at radius 1 is 0.500 bits per heavy atom. The summed E-state index contributed by atoms with van der Waals surface area (Å²) >= 11 is 0. The molecule has 15 atom stereocenters. The number of benzene rings is 2. The lowest BCUT2D eigenvalue weighted by atomic mass is 9.95. The van der Waals surface area contributed by atoms with Crippen molar-refractivity contribution < 1.29 is 128 Å². The van der Waals surface area contributed by atoms with Crippen molar-refractivity contribution in [2.45, 2.75) is 117 Å². The van der Waals surface area contributed by atoms with Crippen molar-refractivity contribution >= 4 is 24.1 Å². The van der Waals surface area contributed by atoms with Gasteiger partial charge in [-0.15, -0.1) is 0 Å². The van der Waals surface area contributed by atoms with E-state index in [0.29, 0.717) is 11.1 Å². The second-order valence-electron chi connectivity index (χ2n) is 16.9. The lowest BCUT2D eigenvalue weighted by molar-refractivity contribution is -0.325. The highest BCUT2D eigenvalue weighted by molar-refractivity contribution is 5.75. The third kappa shape index (κ3) is 14.0. The minimum Gasteiger partial charge on any atom is -0.493 e. The third-order valence-corrected chi connectivity index (χ3v) is 11.7. The SMILES string of the molecule is COc1cc(/C=C/COC(=O)CC(C)(CC(=O)OC/C=C/c2cc(OC)c(O[C@@H]3O[C@H](CO)[C@@H](O)[C@H](O)[C@H]3O)c(OC)c2)O[C@@H]2O[C@H](CO)[C@@H](O)[C@H](O)[C@H]2O)cc(OC)c1O[C@@H]1O[C@H](CO)[C@@H](O)[C@H](O)[C@H]1O. The van der Waals surface area contributed by atoms with Gasteiger partial charge >= 0.3 is 11.9 Å². The fraction of sp³-hybridized carbons (Fsp3) is 0.609. The van der Waals surface area contributed by atoms with Crippen LogP contribution in [0.1, 0.15) is 30.9 Å². The Morgan fingerprint density at radius 3 is 1.11 bits per heavy atom. The highest BCUT2D eigenvalue weighted by Crippen LogP contribution is 2.42. The molecule has 0 saturated carbocycles. The van der Waals surface area contributed by atoms with Gasteiger partial charge in [-0.1, -0.05) is 12.2 Å². The van der Waals surface area contributed by atoms with Crippen LogP contribution in [0.3, 0.4) is 0 Å². The molecule has 72 heavy (non-hydrogen) atoms. The number of aliphatic hydroxyl groups is 12. The van der Waals surface area contributed by atoms with Crippen LogP contribution in [0.4, 0.5) is 0 Å². The first-order chi connectivity index (χ1) is 34.3. The van der Waals surface area contributed by atoms with E-state index in [9.17, 15) is 70.9 Å². The van der Waals surface area contributed by atoms with Crippen molar-refractivity contribution in [3.05, 3.63) is 47.5 Å². The van der Waals surface area contributed by atoms with Gasteiger partial charge in [0.05, 0.1) is 66.7 Å². The number of hydrogen-bond acceptors (Lipinski definition) is 26. The molecule has 0 bridgehead atoms. The number of rotatable bonds is 23. The highest BCUT2D eigenvalue weighted by Gasteiger charge is 2.49. The van der Waals surface area contributed by atoms with E-state index in [4.69, 9.17) is 56.8 Å². The zero-order valence-corrected chi connectivity index (χ0v) is 39.8. The third-order valence-electron chi connectivity index (χ3n) is 11.7. The maximum absolute atomic E-state index is 13.3. The summed E-state index contributed by atoms with van der Waals surface area (Å²) in [4.78, 5) is 26.7. The second-order valence-corrected chi connectivity index (χ2v) is 16.9. The van der Waals surface area contributed by atoms with Crippen LogP contribution < -0.4 is 28.4 Å².